The number of benzene rings is 2. The first-order chi connectivity index (χ1) is 10.1. The number of alkyl halides is 1. The average molecular weight is 307 g/mol. The summed E-state index contributed by atoms with van der Waals surface area (Å²) < 4.78 is 29.5. The largest absolute Gasteiger partial charge is 0.293 e. The Morgan fingerprint density at radius 3 is 2.62 bits per heavy atom. The topological polar surface area (TPSA) is 17.8 Å². The Morgan fingerprint density at radius 2 is 1.90 bits per heavy atom. The van der Waals surface area contributed by atoms with Crippen molar-refractivity contribution in [1.82, 2.24) is 9.55 Å². The average Bonchev–Trinajstić information content (AvgIpc) is 2.78. The fourth-order valence-corrected chi connectivity index (χ4v) is 2.58. The van der Waals surface area contributed by atoms with Crippen LogP contribution in [0.5, 0.6) is 0 Å². The summed E-state index contributed by atoms with van der Waals surface area (Å²) in [5.41, 5.74) is 2.07. The zero-order valence-electron chi connectivity index (χ0n) is 11.4. The Kier molecular flexibility index (Phi) is 3.64. The maximum Gasteiger partial charge on any atom is 0.147 e. The Balaban J connectivity index is 2.35. The van der Waals surface area contributed by atoms with Gasteiger partial charge in [0.25, 0.3) is 0 Å². The third-order valence-electron chi connectivity index (χ3n) is 3.42. The fraction of sp³-hybridized carbons (Fsp3) is 0.188. The normalized spacial score (nSPS) is 11.2. The molecule has 0 saturated carbocycles. The van der Waals surface area contributed by atoms with E-state index in [1.54, 1.807) is 35.8 Å². The molecule has 0 bridgehead atoms. The van der Waals surface area contributed by atoms with Gasteiger partial charge in [0.2, 0.25) is 0 Å². The maximum absolute atomic E-state index is 14.1. The number of imidazole rings is 1. The van der Waals surface area contributed by atoms with E-state index in [0.29, 0.717) is 40.4 Å². The van der Waals surface area contributed by atoms with Crippen LogP contribution in [-0.2, 0) is 6.42 Å². The molecule has 0 fully saturated rings. The minimum atomic E-state index is -0.352. The van der Waals surface area contributed by atoms with Crippen molar-refractivity contribution in [2.75, 3.05) is 5.88 Å². The van der Waals surface area contributed by atoms with Crippen LogP contribution in [0.2, 0.25) is 0 Å². The molecule has 0 N–H and O–H groups in total. The van der Waals surface area contributed by atoms with E-state index in [-0.39, 0.29) is 11.6 Å². The van der Waals surface area contributed by atoms with Crippen molar-refractivity contribution in [2.24, 2.45) is 0 Å². The molecule has 2 nitrogen and oxygen atoms in total. The third-order valence-corrected chi connectivity index (χ3v) is 3.60. The zero-order chi connectivity index (χ0) is 15.0. The van der Waals surface area contributed by atoms with Gasteiger partial charge >= 0.3 is 0 Å². The molecule has 0 amide bonds. The number of para-hydroxylation sites is 1. The number of rotatable bonds is 3. The van der Waals surface area contributed by atoms with Crippen LogP contribution in [0.3, 0.4) is 0 Å². The molecule has 3 rings (SSSR count). The van der Waals surface area contributed by atoms with Crippen LogP contribution in [0, 0.1) is 18.6 Å². The van der Waals surface area contributed by atoms with Gasteiger partial charge in [-0.05, 0) is 30.7 Å². The van der Waals surface area contributed by atoms with Gasteiger partial charge in [0.15, 0.2) is 0 Å². The first-order valence-electron chi connectivity index (χ1n) is 6.60. The van der Waals surface area contributed by atoms with Crippen molar-refractivity contribution in [1.29, 1.82) is 0 Å². The Bertz CT molecular complexity index is 811. The molecular formula is C16H13ClF2N2. The third kappa shape index (κ3) is 2.40. The zero-order valence-corrected chi connectivity index (χ0v) is 12.2. The molecule has 0 radical (unpaired) electrons. The molecule has 0 spiro atoms. The quantitative estimate of drug-likeness (QED) is 0.656. The molecule has 1 aromatic heterocycles. The summed E-state index contributed by atoms with van der Waals surface area (Å²) in [6.45, 7) is 1.68. The van der Waals surface area contributed by atoms with Gasteiger partial charge in [-0.1, -0.05) is 12.1 Å². The van der Waals surface area contributed by atoms with E-state index in [1.165, 1.54) is 12.1 Å². The van der Waals surface area contributed by atoms with Crippen molar-refractivity contribution in [3.63, 3.8) is 0 Å². The molecular weight excluding hydrogens is 294 g/mol. The predicted molar refractivity (Wildman–Crippen MR) is 80.1 cm³/mol. The summed E-state index contributed by atoms with van der Waals surface area (Å²) in [6.07, 6.45) is 0.477. The summed E-state index contributed by atoms with van der Waals surface area (Å²) in [4.78, 5) is 4.39. The highest BCUT2D eigenvalue weighted by Crippen LogP contribution is 2.26. The van der Waals surface area contributed by atoms with Crippen LogP contribution >= 0.6 is 11.6 Å². The van der Waals surface area contributed by atoms with Crippen LogP contribution in [0.1, 0.15) is 11.4 Å². The molecule has 0 aliphatic rings. The first-order valence-corrected chi connectivity index (χ1v) is 7.13. The highest BCUT2D eigenvalue weighted by Gasteiger charge is 2.16. The summed E-state index contributed by atoms with van der Waals surface area (Å²) in [6, 6.07) is 9.51. The van der Waals surface area contributed by atoms with Crippen molar-refractivity contribution in [3.05, 3.63) is 59.4 Å². The lowest BCUT2D eigenvalue weighted by Crippen LogP contribution is -2.04. The number of halogens is 3. The summed E-state index contributed by atoms with van der Waals surface area (Å²) >= 11 is 5.80. The van der Waals surface area contributed by atoms with Gasteiger partial charge in [0.05, 0.1) is 16.7 Å². The minimum absolute atomic E-state index is 0.321. The Hall–Kier alpha value is -1.94. The van der Waals surface area contributed by atoms with Gasteiger partial charge in [0, 0.05) is 18.4 Å². The molecule has 0 atom stereocenters. The fourth-order valence-electron chi connectivity index (χ4n) is 2.41. The van der Waals surface area contributed by atoms with Crippen LogP contribution in [-0.4, -0.2) is 15.4 Å². The van der Waals surface area contributed by atoms with Gasteiger partial charge in [-0.3, -0.25) is 4.57 Å². The van der Waals surface area contributed by atoms with Crippen molar-refractivity contribution in [3.8, 4) is 5.69 Å². The van der Waals surface area contributed by atoms with Gasteiger partial charge < -0.3 is 0 Å². The smallest absolute Gasteiger partial charge is 0.147 e. The van der Waals surface area contributed by atoms with Gasteiger partial charge in [-0.2, -0.15) is 0 Å². The molecule has 5 heteroatoms. The predicted octanol–water partition coefficient (Wildman–Crippen LogP) is 4.39. The maximum atomic E-state index is 14.1. The van der Waals surface area contributed by atoms with E-state index >= 15 is 0 Å². The van der Waals surface area contributed by atoms with Crippen LogP contribution < -0.4 is 0 Å². The van der Waals surface area contributed by atoms with Gasteiger partial charge in [0.1, 0.15) is 17.5 Å². The number of hydrogen-bond acceptors (Lipinski definition) is 1. The highest BCUT2D eigenvalue weighted by atomic mass is 35.5. The molecule has 0 aliphatic carbocycles. The highest BCUT2D eigenvalue weighted by molar-refractivity contribution is 6.17. The lowest BCUT2D eigenvalue weighted by Gasteiger charge is -2.10. The standard InChI is InChI=1S/C16H13ClF2N2/c1-10-8-15-13(9-12(10)19)20-16(6-7-17)21(15)14-5-3-2-4-11(14)18/h2-5,8-9H,6-7H2,1H3. The molecule has 3 aromatic rings. The van der Waals surface area contributed by atoms with E-state index in [9.17, 15) is 8.78 Å². The number of aryl methyl sites for hydroxylation is 2. The second-order valence-electron chi connectivity index (χ2n) is 4.84. The Morgan fingerprint density at radius 1 is 1.14 bits per heavy atom. The van der Waals surface area contributed by atoms with E-state index in [1.807, 2.05) is 0 Å². The molecule has 1 heterocycles. The van der Waals surface area contributed by atoms with Crippen LogP contribution in [0.4, 0.5) is 8.78 Å². The number of hydrogen-bond donors (Lipinski definition) is 0. The Labute approximate surface area is 126 Å². The van der Waals surface area contributed by atoms with E-state index in [0.717, 1.165) is 0 Å². The number of fused-ring (bicyclic) bond motifs is 1. The SMILES string of the molecule is Cc1cc2c(cc1F)nc(CCCl)n2-c1ccccc1F. The monoisotopic (exact) mass is 306 g/mol. The molecule has 21 heavy (non-hydrogen) atoms. The summed E-state index contributed by atoms with van der Waals surface area (Å²) in [7, 11) is 0. The lowest BCUT2D eigenvalue weighted by atomic mass is 10.2. The number of aromatic nitrogens is 2. The van der Waals surface area contributed by atoms with Crippen LogP contribution in [0.15, 0.2) is 36.4 Å². The number of nitrogens with zero attached hydrogens (tertiary/aromatic N) is 2. The molecule has 0 aliphatic heterocycles. The van der Waals surface area contributed by atoms with E-state index < -0.39 is 0 Å². The van der Waals surface area contributed by atoms with Crippen molar-refractivity contribution in [2.45, 2.75) is 13.3 Å². The molecule has 0 unspecified atom stereocenters. The van der Waals surface area contributed by atoms with Crippen molar-refractivity contribution >= 4 is 22.6 Å². The van der Waals surface area contributed by atoms with Gasteiger partial charge in [-0.25, -0.2) is 13.8 Å². The van der Waals surface area contributed by atoms with E-state index in [4.69, 9.17) is 11.6 Å². The summed E-state index contributed by atoms with van der Waals surface area (Å²) in [5, 5.41) is 0. The van der Waals surface area contributed by atoms with Crippen molar-refractivity contribution < 1.29 is 8.78 Å². The molecule has 108 valence electrons. The summed E-state index contributed by atoms with van der Waals surface area (Å²) in [5.74, 6) is 0.307. The lowest BCUT2D eigenvalue weighted by molar-refractivity contribution is 0.616. The van der Waals surface area contributed by atoms with E-state index in [2.05, 4.69) is 4.98 Å². The van der Waals surface area contributed by atoms with Gasteiger partial charge in [-0.15, -0.1) is 11.6 Å². The first kappa shape index (κ1) is 14.0. The second-order valence-corrected chi connectivity index (χ2v) is 5.22. The minimum Gasteiger partial charge on any atom is -0.293 e. The molecule has 2 aromatic carbocycles. The van der Waals surface area contributed by atoms with Crippen LogP contribution in [0.25, 0.3) is 16.7 Å². The second kappa shape index (κ2) is 5.45. The molecule has 0 saturated heterocycles.